The van der Waals surface area contributed by atoms with Crippen LogP contribution in [0, 0.1) is 17.8 Å². The lowest BCUT2D eigenvalue weighted by atomic mass is 9.73. The van der Waals surface area contributed by atoms with E-state index in [0.29, 0.717) is 0 Å². The standard InChI is InChI=1S/C14H29N/c1-10(2)12-8-7-11(3)9-13(12)15-14(4,5)6/h10-13,15H,7-9H2,1-6H3. The number of hydrogen-bond donors (Lipinski definition) is 1. The second kappa shape index (κ2) is 4.86. The fourth-order valence-electron chi connectivity index (χ4n) is 2.92. The fourth-order valence-corrected chi connectivity index (χ4v) is 2.92. The van der Waals surface area contributed by atoms with Crippen molar-refractivity contribution in [3.8, 4) is 0 Å². The van der Waals surface area contributed by atoms with E-state index in [1.165, 1.54) is 19.3 Å². The van der Waals surface area contributed by atoms with E-state index in [4.69, 9.17) is 0 Å². The zero-order valence-corrected chi connectivity index (χ0v) is 11.4. The Morgan fingerprint density at radius 3 is 2.20 bits per heavy atom. The number of rotatable bonds is 2. The Morgan fingerprint density at radius 2 is 1.73 bits per heavy atom. The lowest BCUT2D eigenvalue weighted by Crippen LogP contribution is -2.50. The predicted molar refractivity (Wildman–Crippen MR) is 68.0 cm³/mol. The molecule has 1 aliphatic rings. The van der Waals surface area contributed by atoms with E-state index in [-0.39, 0.29) is 5.54 Å². The molecule has 1 aliphatic carbocycles. The average Bonchev–Trinajstić information content (AvgIpc) is 1.99. The third-order valence-corrected chi connectivity index (χ3v) is 3.64. The average molecular weight is 211 g/mol. The molecule has 0 aliphatic heterocycles. The van der Waals surface area contributed by atoms with E-state index in [2.05, 4.69) is 46.9 Å². The van der Waals surface area contributed by atoms with Crippen molar-refractivity contribution in [3.05, 3.63) is 0 Å². The van der Waals surface area contributed by atoms with Gasteiger partial charge in [0.05, 0.1) is 0 Å². The van der Waals surface area contributed by atoms with E-state index in [9.17, 15) is 0 Å². The zero-order chi connectivity index (χ0) is 11.6. The summed E-state index contributed by atoms with van der Waals surface area (Å²) in [4.78, 5) is 0. The van der Waals surface area contributed by atoms with Gasteiger partial charge in [-0.1, -0.05) is 27.2 Å². The molecule has 0 bridgehead atoms. The first-order valence-electron chi connectivity index (χ1n) is 6.57. The maximum atomic E-state index is 3.82. The number of nitrogens with one attached hydrogen (secondary N) is 1. The minimum atomic E-state index is 0.259. The first-order valence-corrected chi connectivity index (χ1v) is 6.57. The Balaban J connectivity index is 2.62. The molecular formula is C14H29N. The minimum Gasteiger partial charge on any atom is -0.309 e. The maximum absolute atomic E-state index is 3.82. The van der Waals surface area contributed by atoms with Crippen molar-refractivity contribution in [2.24, 2.45) is 17.8 Å². The summed E-state index contributed by atoms with van der Waals surface area (Å²) in [6.07, 6.45) is 4.19. The van der Waals surface area contributed by atoms with E-state index >= 15 is 0 Å². The third kappa shape index (κ3) is 4.14. The highest BCUT2D eigenvalue weighted by atomic mass is 15.0. The predicted octanol–water partition coefficient (Wildman–Crippen LogP) is 3.84. The van der Waals surface area contributed by atoms with Gasteiger partial charge in [0, 0.05) is 11.6 Å². The molecular weight excluding hydrogens is 182 g/mol. The van der Waals surface area contributed by atoms with Gasteiger partial charge in [0.25, 0.3) is 0 Å². The van der Waals surface area contributed by atoms with E-state index in [1.54, 1.807) is 0 Å². The Labute approximate surface area is 96.0 Å². The summed E-state index contributed by atoms with van der Waals surface area (Å²) in [5.74, 6) is 2.60. The summed E-state index contributed by atoms with van der Waals surface area (Å²) in [5, 5.41) is 3.82. The smallest absolute Gasteiger partial charge is 0.0105 e. The summed E-state index contributed by atoms with van der Waals surface area (Å²) >= 11 is 0. The Hall–Kier alpha value is -0.0400. The molecule has 0 spiro atoms. The topological polar surface area (TPSA) is 12.0 Å². The van der Waals surface area contributed by atoms with Crippen LogP contribution in [0.15, 0.2) is 0 Å². The molecule has 0 amide bonds. The normalized spacial score (nSPS) is 33.4. The molecule has 90 valence electrons. The fraction of sp³-hybridized carbons (Fsp3) is 1.00. The molecule has 1 saturated carbocycles. The number of hydrogen-bond acceptors (Lipinski definition) is 1. The van der Waals surface area contributed by atoms with Gasteiger partial charge < -0.3 is 5.32 Å². The lowest BCUT2D eigenvalue weighted by Gasteiger charge is -2.41. The minimum absolute atomic E-state index is 0.259. The zero-order valence-electron chi connectivity index (χ0n) is 11.4. The monoisotopic (exact) mass is 211 g/mol. The van der Waals surface area contributed by atoms with Gasteiger partial charge in [0.2, 0.25) is 0 Å². The summed E-state index contributed by atoms with van der Waals surface area (Å²) in [7, 11) is 0. The molecule has 1 rings (SSSR count). The highest BCUT2D eigenvalue weighted by molar-refractivity contribution is 4.89. The van der Waals surface area contributed by atoms with Crippen molar-refractivity contribution >= 4 is 0 Å². The van der Waals surface area contributed by atoms with Gasteiger partial charge in [0.1, 0.15) is 0 Å². The second-order valence-corrected chi connectivity index (χ2v) is 6.83. The van der Waals surface area contributed by atoms with Gasteiger partial charge >= 0.3 is 0 Å². The lowest BCUT2D eigenvalue weighted by molar-refractivity contribution is 0.146. The molecule has 3 unspecified atom stereocenters. The Kier molecular flexibility index (Phi) is 4.22. The van der Waals surface area contributed by atoms with Crippen LogP contribution in [0.25, 0.3) is 0 Å². The van der Waals surface area contributed by atoms with Crippen LogP contribution < -0.4 is 5.32 Å². The molecule has 0 saturated heterocycles. The van der Waals surface area contributed by atoms with Crippen LogP contribution in [0.4, 0.5) is 0 Å². The molecule has 1 nitrogen and oxygen atoms in total. The van der Waals surface area contributed by atoms with Crippen LogP contribution in [0.2, 0.25) is 0 Å². The van der Waals surface area contributed by atoms with E-state index in [1.807, 2.05) is 0 Å². The Morgan fingerprint density at radius 1 is 1.13 bits per heavy atom. The first-order chi connectivity index (χ1) is 6.79. The van der Waals surface area contributed by atoms with Gasteiger partial charge in [-0.15, -0.1) is 0 Å². The molecule has 0 aromatic rings. The van der Waals surface area contributed by atoms with E-state index < -0.39 is 0 Å². The van der Waals surface area contributed by atoms with Gasteiger partial charge in [-0.25, -0.2) is 0 Å². The molecule has 0 aromatic heterocycles. The molecule has 3 atom stereocenters. The molecule has 0 radical (unpaired) electrons. The summed E-state index contributed by atoms with van der Waals surface area (Å²) in [6, 6.07) is 0.730. The summed E-state index contributed by atoms with van der Waals surface area (Å²) in [6.45, 7) is 14.0. The largest absolute Gasteiger partial charge is 0.309 e. The van der Waals surface area contributed by atoms with Crippen molar-refractivity contribution in [2.75, 3.05) is 0 Å². The van der Waals surface area contributed by atoms with Crippen LogP contribution in [0.5, 0.6) is 0 Å². The van der Waals surface area contributed by atoms with Crippen molar-refractivity contribution < 1.29 is 0 Å². The highest BCUT2D eigenvalue weighted by Crippen LogP contribution is 2.34. The highest BCUT2D eigenvalue weighted by Gasteiger charge is 2.32. The van der Waals surface area contributed by atoms with E-state index in [0.717, 1.165) is 23.8 Å². The van der Waals surface area contributed by atoms with Crippen LogP contribution in [0.1, 0.15) is 60.8 Å². The van der Waals surface area contributed by atoms with Crippen molar-refractivity contribution in [2.45, 2.75) is 72.4 Å². The maximum Gasteiger partial charge on any atom is 0.0105 e. The van der Waals surface area contributed by atoms with Crippen molar-refractivity contribution in [1.29, 1.82) is 0 Å². The van der Waals surface area contributed by atoms with Crippen LogP contribution in [-0.2, 0) is 0 Å². The summed E-state index contributed by atoms with van der Waals surface area (Å²) < 4.78 is 0. The van der Waals surface area contributed by atoms with Crippen LogP contribution >= 0.6 is 0 Å². The molecule has 1 heteroatoms. The molecule has 15 heavy (non-hydrogen) atoms. The first kappa shape index (κ1) is 13.0. The second-order valence-electron chi connectivity index (χ2n) is 6.83. The SMILES string of the molecule is CC1CCC(C(C)C)C(NC(C)(C)C)C1. The van der Waals surface area contributed by atoms with Gasteiger partial charge in [-0.05, 0) is 51.4 Å². The van der Waals surface area contributed by atoms with Crippen molar-refractivity contribution in [3.63, 3.8) is 0 Å². The molecule has 0 aromatic carbocycles. The quantitative estimate of drug-likeness (QED) is 0.732. The third-order valence-electron chi connectivity index (χ3n) is 3.64. The van der Waals surface area contributed by atoms with Gasteiger partial charge in [0.15, 0.2) is 0 Å². The van der Waals surface area contributed by atoms with Crippen molar-refractivity contribution in [1.82, 2.24) is 5.32 Å². The molecule has 0 heterocycles. The van der Waals surface area contributed by atoms with Crippen LogP contribution in [-0.4, -0.2) is 11.6 Å². The van der Waals surface area contributed by atoms with Crippen LogP contribution in [0.3, 0.4) is 0 Å². The van der Waals surface area contributed by atoms with Gasteiger partial charge in [-0.3, -0.25) is 0 Å². The van der Waals surface area contributed by atoms with Gasteiger partial charge in [-0.2, -0.15) is 0 Å². The Bertz CT molecular complexity index is 190. The summed E-state index contributed by atoms with van der Waals surface area (Å²) in [5.41, 5.74) is 0.259. The molecule has 1 N–H and O–H groups in total. The molecule has 1 fully saturated rings.